The number of non-ortho nitro benzene ring substituents is 1. The number of carbonyl (C=O) groups is 2. The van der Waals surface area contributed by atoms with E-state index in [1.165, 1.54) is 17.0 Å². The topological polar surface area (TPSA) is 106 Å². The van der Waals surface area contributed by atoms with Crippen LogP contribution in [0, 0.1) is 23.0 Å². The maximum atomic E-state index is 12.8. The number of furan rings is 1. The smallest absolute Gasteiger partial charge is 0.270 e. The normalized spacial score (nSPS) is 11.9. The zero-order valence-electron chi connectivity index (χ0n) is 16.1. The second-order valence-corrected chi connectivity index (χ2v) is 7.23. The summed E-state index contributed by atoms with van der Waals surface area (Å²) in [6, 6.07) is 6.38. The first-order chi connectivity index (χ1) is 13.1. The minimum Gasteiger partial charge on any atom is -0.464 e. The van der Waals surface area contributed by atoms with E-state index in [-0.39, 0.29) is 34.6 Å². The molecule has 8 nitrogen and oxygen atoms in total. The van der Waals surface area contributed by atoms with Crippen LogP contribution in [-0.4, -0.2) is 34.7 Å². The lowest BCUT2D eigenvalue weighted by molar-refractivity contribution is -0.384. The highest BCUT2D eigenvalue weighted by molar-refractivity contribution is 6.34. The molecule has 0 saturated carbocycles. The number of nitrogens with zero attached hydrogens (tertiary/aromatic N) is 2. The first kappa shape index (κ1) is 21.4. The van der Waals surface area contributed by atoms with Gasteiger partial charge in [-0.3, -0.25) is 19.7 Å². The van der Waals surface area contributed by atoms with Gasteiger partial charge < -0.3 is 14.6 Å². The molecular formula is C19H22ClN3O5. The lowest BCUT2D eigenvalue weighted by Crippen LogP contribution is -2.50. The molecule has 2 rings (SSSR count). The number of nitrogens with one attached hydrogen (secondary N) is 1. The number of aryl methyl sites for hydroxylation is 1. The Morgan fingerprint density at radius 3 is 2.46 bits per heavy atom. The number of nitro benzene ring substituents is 1. The zero-order valence-corrected chi connectivity index (χ0v) is 16.8. The van der Waals surface area contributed by atoms with Crippen LogP contribution in [0.4, 0.5) is 5.69 Å². The van der Waals surface area contributed by atoms with E-state index in [0.29, 0.717) is 5.76 Å². The second kappa shape index (κ2) is 8.88. The van der Waals surface area contributed by atoms with Crippen LogP contribution in [0.3, 0.4) is 0 Å². The zero-order chi connectivity index (χ0) is 21.0. The molecule has 0 saturated heterocycles. The van der Waals surface area contributed by atoms with Gasteiger partial charge in [0.15, 0.2) is 0 Å². The number of halogens is 1. The van der Waals surface area contributed by atoms with Crippen molar-refractivity contribution >= 4 is 29.1 Å². The highest BCUT2D eigenvalue weighted by Crippen LogP contribution is 2.23. The van der Waals surface area contributed by atoms with Crippen molar-refractivity contribution in [2.45, 2.75) is 33.4 Å². The van der Waals surface area contributed by atoms with Gasteiger partial charge in [-0.15, -0.1) is 0 Å². The lowest BCUT2D eigenvalue weighted by atomic mass is 10.0. The Morgan fingerprint density at radius 1 is 1.29 bits per heavy atom. The molecule has 0 bridgehead atoms. The molecule has 1 atom stereocenters. The molecule has 28 heavy (non-hydrogen) atoms. The number of nitro groups is 1. The molecule has 0 radical (unpaired) electrons. The van der Waals surface area contributed by atoms with Gasteiger partial charge in [-0.1, -0.05) is 25.4 Å². The molecule has 2 aromatic rings. The third kappa shape index (κ3) is 5.10. The van der Waals surface area contributed by atoms with Crippen LogP contribution in [0.5, 0.6) is 0 Å². The van der Waals surface area contributed by atoms with Gasteiger partial charge in [0.25, 0.3) is 11.6 Å². The van der Waals surface area contributed by atoms with E-state index in [0.717, 1.165) is 11.8 Å². The van der Waals surface area contributed by atoms with Crippen LogP contribution in [-0.2, 0) is 11.3 Å². The van der Waals surface area contributed by atoms with Crippen LogP contribution in [0.25, 0.3) is 0 Å². The summed E-state index contributed by atoms with van der Waals surface area (Å²) in [5.41, 5.74) is -0.151. The van der Waals surface area contributed by atoms with Crippen LogP contribution in [0.15, 0.2) is 34.7 Å². The first-order valence-electron chi connectivity index (χ1n) is 8.65. The summed E-state index contributed by atoms with van der Waals surface area (Å²) >= 11 is 6.01. The van der Waals surface area contributed by atoms with Crippen molar-refractivity contribution in [1.82, 2.24) is 10.2 Å². The molecule has 0 fully saturated rings. The van der Waals surface area contributed by atoms with Gasteiger partial charge in [0.1, 0.15) is 17.6 Å². The number of hydrogen-bond donors (Lipinski definition) is 1. The van der Waals surface area contributed by atoms with E-state index in [4.69, 9.17) is 16.0 Å². The highest BCUT2D eigenvalue weighted by atomic mass is 35.5. The number of amides is 2. The van der Waals surface area contributed by atoms with Gasteiger partial charge in [0.2, 0.25) is 5.91 Å². The molecular weight excluding hydrogens is 386 g/mol. The summed E-state index contributed by atoms with van der Waals surface area (Å²) < 4.78 is 5.49. The minimum atomic E-state index is -0.792. The fourth-order valence-electron chi connectivity index (χ4n) is 2.65. The Labute approximate surface area is 167 Å². The third-order valence-corrected chi connectivity index (χ3v) is 4.51. The third-order valence-electron chi connectivity index (χ3n) is 4.19. The van der Waals surface area contributed by atoms with E-state index in [1.807, 2.05) is 26.8 Å². The number of likely N-dealkylation sites (N-methyl/N-ethyl adjacent to an activating group) is 1. The Bertz CT molecular complexity index is 893. The molecule has 1 unspecified atom stereocenters. The molecule has 1 aromatic carbocycles. The fraction of sp³-hybridized carbons (Fsp3) is 0.368. The summed E-state index contributed by atoms with van der Waals surface area (Å²) in [4.78, 5) is 37.1. The summed E-state index contributed by atoms with van der Waals surface area (Å²) in [5.74, 6) is 0.344. The maximum Gasteiger partial charge on any atom is 0.270 e. The van der Waals surface area contributed by atoms with E-state index >= 15 is 0 Å². The van der Waals surface area contributed by atoms with Crippen molar-refractivity contribution in [2.24, 2.45) is 5.92 Å². The van der Waals surface area contributed by atoms with Crippen molar-refractivity contribution < 1.29 is 18.9 Å². The van der Waals surface area contributed by atoms with Gasteiger partial charge in [-0.2, -0.15) is 0 Å². The quantitative estimate of drug-likeness (QED) is 0.558. The van der Waals surface area contributed by atoms with E-state index < -0.39 is 16.9 Å². The molecule has 0 aliphatic rings. The van der Waals surface area contributed by atoms with Crippen LogP contribution in [0.1, 0.15) is 35.7 Å². The summed E-state index contributed by atoms with van der Waals surface area (Å²) in [7, 11) is 1.63. The molecule has 2 amide bonds. The van der Waals surface area contributed by atoms with Gasteiger partial charge in [0.05, 0.1) is 22.1 Å². The molecule has 0 aliphatic carbocycles. The van der Waals surface area contributed by atoms with Gasteiger partial charge in [-0.05, 0) is 31.0 Å². The van der Waals surface area contributed by atoms with E-state index in [9.17, 15) is 19.7 Å². The molecule has 1 heterocycles. The van der Waals surface area contributed by atoms with Gasteiger partial charge in [0, 0.05) is 19.2 Å². The predicted molar refractivity (Wildman–Crippen MR) is 104 cm³/mol. The summed E-state index contributed by atoms with van der Waals surface area (Å²) in [6.07, 6.45) is 0. The average molecular weight is 408 g/mol. The number of benzene rings is 1. The Kier molecular flexibility index (Phi) is 6.80. The van der Waals surface area contributed by atoms with Crippen LogP contribution < -0.4 is 5.32 Å². The molecule has 0 spiro atoms. The molecule has 9 heteroatoms. The van der Waals surface area contributed by atoms with Gasteiger partial charge in [-0.25, -0.2) is 0 Å². The summed E-state index contributed by atoms with van der Waals surface area (Å²) in [5, 5.41) is 13.4. The van der Waals surface area contributed by atoms with Gasteiger partial charge >= 0.3 is 0 Å². The maximum absolute atomic E-state index is 12.8. The largest absolute Gasteiger partial charge is 0.464 e. The van der Waals surface area contributed by atoms with Crippen molar-refractivity contribution in [3.8, 4) is 0 Å². The number of carbonyl (C=O) groups excluding carboxylic acids is 2. The standard InChI is InChI=1S/C19H22ClN3O5/c1-11(2)17(19(25)22(4)10-14-7-5-12(3)28-14)21-18(24)15-8-6-13(23(26)27)9-16(15)20/h5-9,11,17H,10H2,1-4H3,(H,21,24). The fourth-order valence-corrected chi connectivity index (χ4v) is 2.91. The van der Waals surface area contributed by atoms with Crippen molar-refractivity contribution in [2.75, 3.05) is 7.05 Å². The van der Waals surface area contributed by atoms with Crippen LogP contribution >= 0.6 is 11.6 Å². The van der Waals surface area contributed by atoms with Crippen molar-refractivity contribution in [1.29, 1.82) is 0 Å². The van der Waals surface area contributed by atoms with Crippen LogP contribution in [0.2, 0.25) is 5.02 Å². The van der Waals surface area contributed by atoms with E-state index in [2.05, 4.69) is 5.32 Å². The molecule has 1 N–H and O–H groups in total. The predicted octanol–water partition coefficient (Wildman–Crippen LogP) is 3.56. The molecule has 1 aromatic heterocycles. The second-order valence-electron chi connectivity index (χ2n) is 6.82. The number of rotatable bonds is 7. The Morgan fingerprint density at radius 2 is 1.96 bits per heavy atom. The monoisotopic (exact) mass is 407 g/mol. The molecule has 0 aliphatic heterocycles. The first-order valence-corrected chi connectivity index (χ1v) is 9.03. The van der Waals surface area contributed by atoms with Crippen molar-refractivity contribution in [3.05, 3.63) is 62.6 Å². The summed E-state index contributed by atoms with van der Waals surface area (Å²) in [6.45, 7) is 5.71. The SMILES string of the molecule is Cc1ccc(CN(C)C(=O)C(NC(=O)c2ccc([N+](=O)[O-])cc2Cl)C(C)C)o1. The lowest BCUT2D eigenvalue weighted by Gasteiger charge is -2.26. The minimum absolute atomic E-state index is 0.0546. The Balaban J connectivity index is 2.14. The molecule has 150 valence electrons. The highest BCUT2D eigenvalue weighted by Gasteiger charge is 2.28. The van der Waals surface area contributed by atoms with E-state index in [1.54, 1.807) is 13.1 Å². The Hall–Kier alpha value is -2.87. The number of hydrogen-bond acceptors (Lipinski definition) is 5. The average Bonchev–Trinajstić information content (AvgIpc) is 3.03. The van der Waals surface area contributed by atoms with Crippen molar-refractivity contribution in [3.63, 3.8) is 0 Å².